The number of carboxylic acid groups (broad SMARTS) is 1. The number of carboxylic acids is 1. The van der Waals surface area contributed by atoms with Crippen LogP contribution in [0.2, 0.25) is 0 Å². The number of aromatic nitrogens is 2. The van der Waals surface area contributed by atoms with Crippen molar-refractivity contribution in [2.24, 2.45) is 0 Å². The van der Waals surface area contributed by atoms with Crippen LogP contribution < -0.4 is 0 Å². The normalized spacial score (nSPS) is 10.8. The standard InChI is InChI=1S/C11H12N2O5/c1-3-7-9(11(14)15)17-10(12-7)8-4-6(5-16-2)18-13-8/h4H,3,5H2,1-2H3,(H,14,15). The summed E-state index contributed by atoms with van der Waals surface area (Å²) in [6, 6.07) is 1.60. The van der Waals surface area contributed by atoms with E-state index in [0.717, 1.165) is 0 Å². The van der Waals surface area contributed by atoms with Crippen LogP contribution in [0.15, 0.2) is 15.0 Å². The lowest BCUT2D eigenvalue weighted by atomic mass is 10.3. The molecule has 2 aromatic rings. The van der Waals surface area contributed by atoms with Gasteiger partial charge in [-0.15, -0.1) is 0 Å². The largest absolute Gasteiger partial charge is 0.475 e. The zero-order chi connectivity index (χ0) is 13.1. The quantitative estimate of drug-likeness (QED) is 0.865. The van der Waals surface area contributed by atoms with Crippen LogP contribution in [-0.4, -0.2) is 28.3 Å². The topological polar surface area (TPSA) is 98.6 Å². The SMILES string of the molecule is CCc1nc(-c2cc(COC)on2)oc1C(=O)O. The zero-order valence-electron chi connectivity index (χ0n) is 9.97. The number of hydrogen-bond donors (Lipinski definition) is 1. The number of aryl methyl sites for hydroxylation is 1. The third-order valence-corrected chi connectivity index (χ3v) is 2.29. The average molecular weight is 252 g/mol. The molecule has 0 unspecified atom stereocenters. The van der Waals surface area contributed by atoms with Gasteiger partial charge in [-0.2, -0.15) is 0 Å². The number of ether oxygens (including phenoxy) is 1. The molecule has 0 saturated carbocycles. The van der Waals surface area contributed by atoms with Gasteiger partial charge in [0.1, 0.15) is 6.61 Å². The highest BCUT2D eigenvalue weighted by Gasteiger charge is 2.21. The first kappa shape index (κ1) is 12.3. The third-order valence-electron chi connectivity index (χ3n) is 2.29. The Labute approximate surface area is 102 Å². The zero-order valence-corrected chi connectivity index (χ0v) is 9.97. The van der Waals surface area contributed by atoms with E-state index in [1.54, 1.807) is 13.0 Å². The lowest BCUT2D eigenvalue weighted by Gasteiger charge is -1.88. The molecule has 18 heavy (non-hydrogen) atoms. The first-order valence-electron chi connectivity index (χ1n) is 5.33. The van der Waals surface area contributed by atoms with Crippen molar-refractivity contribution in [1.82, 2.24) is 10.1 Å². The van der Waals surface area contributed by atoms with Crippen molar-refractivity contribution < 1.29 is 23.6 Å². The molecule has 0 radical (unpaired) electrons. The summed E-state index contributed by atoms with van der Waals surface area (Å²) in [7, 11) is 1.53. The van der Waals surface area contributed by atoms with Crippen LogP contribution in [0.5, 0.6) is 0 Å². The lowest BCUT2D eigenvalue weighted by Crippen LogP contribution is -1.98. The van der Waals surface area contributed by atoms with Crippen molar-refractivity contribution in [3.05, 3.63) is 23.3 Å². The van der Waals surface area contributed by atoms with Crippen molar-refractivity contribution in [2.75, 3.05) is 7.11 Å². The summed E-state index contributed by atoms with van der Waals surface area (Å²) in [6.07, 6.45) is 0.466. The summed E-state index contributed by atoms with van der Waals surface area (Å²) in [6.45, 7) is 2.08. The Bertz CT molecular complexity index is 558. The summed E-state index contributed by atoms with van der Waals surface area (Å²) in [4.78, 5) is 15.0. The minimum Gasteiger partial charge on any atom is -0.475 e. The van der Waals surface area contributed by atoms with Crippen molar-refractivity contribution >= 4 is 5.97 Å². The summed E-state index contributed by atoms with van der Waals surface area (Å²) < 4.78 is 15.0. The minimum absolute atomic E-state index is 0.135. The summed E-state index contributed by atoms with van der Waals surface area (Å²) in [5.74, 6) is -0.661. The van der Waals surface area contributed by atoms with E-state index in [0.29, 0.717) is 23.6 Å². The van der Waals surface area contributed by atoms with Crippen LogP contribution in [0.3, 0.4) is 0 Å². The van der Waals surface area contributed by atoms with E-state index >= 15 is 0 Å². The Morgan fingerprint density at radius 1 is 1.56 bits per heavy atom. The van der Waals surface area contributed by atoms with Gasteiger partial charge in [0.05, 0.1) is 5.69 Å². The summed E-state index contributed by atoms with van der Waals surface area (Å²) in [5.41, 5.74) is 0.734. The molecule has 0 fully saturated rings. The van der Waals surface area contributed by atoms with E-state index in [1.807, 2.05) is 0 Å². The molecule has 0 saturated heterocycles. The number of methoxy groups -OCH3 is 1. The molecule has 7 heteroatoms. The number of carbonyl (C=O) groups is 1. The number of hydrogen-bond acceptors (Lipinski definition) is 6. The van der Waals surface area contributed by atoms with Crippen LogP contribution in [0.1, 0.15) is 28.9 Å². The maximum Gasteiger partial charge on any atom is 0.373 e. The molecule has 0 amide bonds. The molecule has 0 aliphatic carbocycles. The Balaban J connectivity index is 2.35. The Kier molecular flexibility index (Phi) is 3.42. The maximum atomic E-state index is 10.9. The molecule has 1 N–H and O–H groups in total. The second-order valence-corrected chi connectivity index (χ2v) is 3.57. The summed E-state index contributed by atoms with van der Waals surface area (Å²) >= 11 is 0. The monoisotopic (exact) mass is 252 g/mol. The number of nitrogens with zero attached hydrogens (tertiary/aromatic N) is 2. The number of oxazole rings is 1. The molecule has 2 heterocycles. The van der Waals surface area contributed by atoms with Gasteiger partial charge in [0.2, 0.25) is 11.7 Å². The molecule has 0 atom stereocenters. The van der Waals surface area contributed by atoms with Gasteiger partial charge in [0.25, 0.3) is 0 Å². The van der Waals surface area contributed by atoms with Crippen LogP contribution in [0, 0.1) is 0 Å². The first-order valence-corrected chi connectivity index (χ1v) is 5.33. The highest BCUT2D eigenvalue weighted by atomic mass is 16.5. The molecule has 7 nitrogen and oxygen atoms in total. The molecule has 0 spiro atoms. The van der Waals surface area contributed by atoms with Crippen molar-refractivity contribution in [1.29, 1.82) is 0 Å². The molecule has 0 aliphatic rings. The van der Waals surface area contributed by atoms with Crippen LogP contribution in [0.4, 0.5) is 0 Å². The van der Waals surface area contributed by atoms with Gasteiger partial charge < -0.3 is 18.8 Å². The molecular formula is C11H12N2O5. The van der Waals surface area contributed by atoms with E-state index in [2.05, 4.69) is 10.1 Å². The second-order valence-electron chi connectivity index (χ2n) is 3.57. The first-order chi connectivity index (χ1) is 8.65. The molecular weight excluding hydrogens is 240 g/mol. The smallest absolute Gasteiger partial charge is 0.373 e. The van der Waals surface area contributed by atoms with E-state index in [-0.39, 0.29) is 18.3 Å². The van der Waals surface area contributed by atoms with E-state index < -0.39 is 5.97 Å². The fourth-order valence-corrected chi connectivity index (χ4v) is 1.49. The van der Waals surface area contributed by atoms with Gasteiger partial charge in [-0.3, -0.25) is 0 Å². The number of rotatable bonds is 5. The molecule has 0 bridgehead atoms. The van der Waals surface area contributed by atoms with Crippen LogP contribution in [-0.2, 0) is 17.8 Å². The Morgan fingerprint density at radius 2 is 2.33 bits per heavy atom. The van der Waals surface area contributed by atoms with Crippen LogP contribution in [0.25, 0.3) is 11.6 Å². The average Bonchev–Trinajstić information content (AvgIpc) is 2.94. The van der Waals surface area contributed by atoms with E-state index in [1.165, 1.54) is 7.11 Å². The molecule has 0 aromatic carbocycles. The van der Waals surface area contributed by atoms with Crippen molar-refractivity contribution in [3.63, 3.8) is 0 Å². The molecule has 2 aromatic heterocycles. The van der Waals surface area contributed by atoms with Gasteiger partial charge in [0, 0.05) is 13.2 Å². The van der Waals surface area contributed by atoms with Gasteiger partial charge in [0.15, 0.2) is 11.5 Å². The third kappa shape index (κ3) is 2.25. The van der Waals surface area contributed by atoms with Gasteiger partial charge in [-0.1, -0.05) is 12.1 Å². The fourth-order valence-electron chi connectivity index (χ4n) is 1.49. The van der Waals surface area contributed by atoms with Gasteiger partial charge in [-0.25, -0.2) is 9.78 Å². The number of aromatic carboxylic acids is 1. The highest BCUT2D eigenvalue weighted by Crippen LogP contribution is 2.22. The Hall–Kier alpha value is -2.15. The summed E-state index contributed by atoms with van der Waals surface area (Å²) in [5, 5.41) is 12.7. The molecule has 0 aliphatic heterocycles. The van der Waals surface area contributed by atoms with E-state index in [9.17, 15) is 4.79 Å². The second kappa shape index (κ2) is 5.01. The van der Waals surface area contributed by atoms with Crippen molar-refractivity contribution in [2.45, 2.75) is 20.0 Å². The Morgan fingerprint density at radius 3 is 2.89 bits per heavy atom. The van der Waals surface area contributed by atoms with Crippen LogP contribution >= 0.6 is 0 Å². The predicted octanol–water partition coefficient (Wildman–Crippen LogP) is 1.74. The molecule has 2 rings (SSSR count). The van der Waals surface area contributed by atoms with E-state index in [4.69, 9.17) is 18.8 Å². The fraction of sp³-hybridized carbons (Fsp3) is 0.364. The van der Waals surface area contributed by atoms with Gasteiger partial charge in [-0.05, 0) is 6.42 Å². The maximum absolute atomic E-state index is 10.9. The predicted molar refractivity (Wildman–Crippen MR) is 59.1 cm³/mol. The minimum atomic E-state index is -1.15. The molecule has 96 valence electrons. The van der Waals surface area contributed by atoms with Gasteiger partial charge >= 0.3 is 5.97 Å². The van der Waals surface area contributed by atoms with Crippen molar-refractivity contribution in [3.8, 4) is 11.6 Å². The highest BCUT2D eigenvalue weighted by molar-refractivity contribution is 5.86. The lowest BCUT2D eigenvalue weighted by molar-refractivity contribution is 0.0661.